The van der Waals surface area contributed by atoms with Crippen molar-refractivity contribution in [2.75, 3.05) is 0 Å². The number of fused-ring (bicyclic) bond motifs is 2. The molecule has 0 aromatic carbocycles. The number of hydrogen-bond acceptors (Lipinski definition) is 2. The third kappa shape index (κ3) is 1.99. The fourth-order valence-electron chi connectivity index (χ4n) is 3.70. The molecule has 2 aliphatic rings. The van der Waals surface area contributed by atoms with E-state index in [1.54, 1.807) is 12.1 Å². The Morgan fingerprint density at radius 2 is 2.35 bits per heavy atom. The fraction of sp³-hybridized carbons (Fsp3) is 0.643. The van der Waals surface area contributed by atoms with Gasteiger partial charge < -0.3 is 9.73 Å². The van der Waals surface area contributed by atoms with E-state index in [9.17, 15) is 4.79 Å². The molecule has 92 valence electrons. The molecule has 0 saturated heterocycles. The zero-order chi connectivity index (χ0) is 11.8. The summed E-state index contributed by atoms with van der Waals surface area (Å²) in [5.41, 5.74) is 0. The van der Waals surface area contributed by atoms with Gasteiger partial charge in [-0.15, -0.1) is 0 Å². The Labute approximate surface area is 102 Å². The molecule has 1 N–H and O–H groups in total. The van der Waals surface area contributed by atoms with Crippen LogP contribution in [-0.4, -0.2) is 11.9 Å². The van der Waals surface area contributed by atoms with Crippen LogP contribution < -0.4 is 5.32 Å². The molecule has 1 aromatic rings. The summed E-state index contributed by atoms with van der Waals surface area (Å²) in [7, 11) is 0. The second kappa shape index (κ2) is 4.21. The van der Waals surface area contributed by atoms with E-state index in [2.05, 4.69) is 12.2 Å². The Bertz CT molecular complexity index is 398. The molecule has 2 fully saturated rings. The van der Waals surface area contributed by atoms with E-state index in [0.717, 1.165) is 11.8 Å². The van der Waals surface area contributed by atoms with Crippen molar-refractivity contribution in [2.45, 2.75) is 38.6 Å². The van der Waals surface area contributed by atoms with Crippen molar-refractivity contribution >= 4 is 5.91 Å². The highest BCUT2D eigenvalue weighted by Gasteiger charge is 2.42. The predicted molar refractivity (Wildman–Crippen MR) is 64.6 cm³/mol. The van der Waals surface area contributed by atoms with Gasteiger partial charge in [0.25, 0.3) is 5.91 Å². The van der Waals surface area contributed by atoms with Gasteiger partial charge in [0, 0.05) is 6.04 Å². The van der Waals surface area contributed by atoms with Crippen molar-refractivity contribution in [1.29, 1.82) is 0 Å². The van der Waals surface area contributed by atoms with Crippen LogP contribution in [0.1, 0.15) is 43.2 Å². The SMILES string of the molecule is C[C@H](NC(=O)c1ccco1)[C@@H]1C[C@H]2CC[C@H]1C2. The van der Waals surface area contributed by atoms with Crippen molar-refractivity contribution in [3.8, 4) is 0 Å². The van der Waals surface area contributed by atoms with Crippen LogP contribution in [0.3, 0.4) is 0 Å². The number of amides is 1. The zero-order valence-corrected chi connectivity index (χ0v) is 10.2. The van der Waals surface area contributed by atoms with E-state index < -0.39 is 0 Å². The Morgan fingerprint density at radius 3 is 2.94 bits per heavy atom. The van der Waals surface area contributed by atoms with Crippen LogP contribution in [0, 0.1) is 17.8 Å². The van der Waals surface area contributed by atoms with Crippen LogP contribution in [0.5, 0.6) is 0 Å². The summed E-state index contributed by atoms with van der Waals surface area (Å²) in [6.45, 7) is 2.13. The Morgan fingerprint density at radius 1 is 1.47 bits per heavy atom. The topological polar surface area (TPSA) is 42.2 Å². The smallest absolute Gasteiger partial charge is 0.287 e. The molecule has 2 bridgehead atoms. The first kappa shape index (κ1) is 10.9. The first-order valence-electron chi connectivity index (χ1n) is 6.58. The van der Waals surface area contributed by atoms with Crippen LogP contribution in [0.4, 0.5) is 0 Å². The van der Waals surface area contributed by atoms with Gasteiger partial charge in [0.05, 0.1) is 6.26 Å². The van der Waals surface area contributed by atoms with Crippen molar-refractivity contribution in [1.82, 2.24) is 5.32 Å². The van der Waals surface area contributed by atoms with Gasteiger partial charge in [-0.05, 0) is 56.1 Å². The van der Waals surface area contributed by atoms with Crippen molar-refractivity contribution < 1.29 is 9.21 Å². The largest absolute Gasteiger partial charge is 0.459 e. The summed E-state index contributed by atoms with van der Waals surface area (Å²) in [5.74, 6) is 2.78. The van der Waals surface area contributed by atoms with Crippen LogP contribution in [0.2, 0.25) is 0 Å². The van der Waals surface area contributed by atoms with Gasteiger partial charge in [0.2, 0.25) is 0 Å². The minimum absolute atomic E-state index is 0.0785. The first-order chi connectivity index (χ1) is 8.24. The maximum Gasteiger partial charge on any atom is 0.287 e. The summed E-state index contributed by atoms with van der Waals surface area (Å²) in [6, 6.07) is 3.72. The molecule has 3 rings (SSSR count). The molecule has 2 saturated carbocycles. The second-order valence-electron chi connectivity index (χ2n) is 5.58. The van der Waals surface area contributed by atoms with E-state index in [4.69, 9.17) is 4.42 Å². The van der Waals surface area contributed by atoms with Crippen molar-refractivity contribution in [2.24, 2.45) is 17.8 Å². The number of rotatable bonds is 3. The normalized spacial score (nSPS) is 32.6. The summed E-state index contributed by atoms with van der Waals surface area (Å²) >= 11 is 0. The van der Waals surface area contributed by atoms with Crippen LogP contribution in [-0.2, 0) is 0 Å². The maximum atomic E-state index is 11.9. The molecule has 1 amide bonds. The number of carbonyl (C=O) groups is 1. The lowest BCUT2D eigenvalue weighted by atomic mass is 9.84. The predicted octanol–water partition coefficient (Wildman–Crippen LogP) is 2.83. The summed E-state index contributed by atoms with van der Waals surface area (Å²) in [5, 5.41) is 3.08. The van der Waals surface area contributed by atoms with E-state index in [1.165, 1.54) is 31.9 Å². The molecule has 2 aliphatic carbocycles. The van der Waals surface area contributed by atoms with E-state index in [1.807, 2.05) is 0 Å². The molecule has 4 atom stereocenters. The quantitative estimate of drug-likeness (QED) is 0.872. The lowest BCUT2D eigenvalue weighted by Gasteiger charge is -2.28. The highest BCUT2D eigenvalue weighted by atomic mass is 16.3. The summed E-state index contributed by atoms with van der Waals surface area (Å²) in [6.07, 6.45) is 6.98. The lowest BCUT2D eigenvalue weighted by Crippen LogP contribution is -2.39. The van der Waals surface area contributed by atoms with Crippen LogP contribution in [0.15, 0.2) is 22.8 Å². The van der Waals surface area contributed by atoms with Crippen LogP contribution >= 0.6 is 0 Å². The second-order valence-corrected chi connectivity index (χ2v) is 5.58. The summed E-state index contributed by atoms with van der Waals surface area (Å²) < 4.78 is 5.11. The van der Waals surface area contributed by atoms with Gasteiger partial charge in [-0.2, -0.15) is 0 Å². The van der Waals surface area contributed by atoms with Crippen molar-refractivity contribution in [3.63, 3.8) is 0 Å². The standard InChI is InChI=1S/C14H19NO2/c1-9(12-8-10-4-5-11(12)7-10)15-14(16)13-3-2-6-17-13/h2-3,6,9-12H,4-5,7-8H2,1H3,(H,15,16)/t9-,10-,11-,12-/m0/s1. The monoisotopic (exact) mass is 233 g/mol. The molecule has 1 heterocycles. The van der Waals surface area contributed by atoms with Gasteiger partial charge in [-0.3, -0.25) is 4.79 Å². The molecule has 0 radical (unpaired) electrons. The van der Waals surface area contributed by atoms with E-state index in [0.29, 0.717) is 11.7 Å². The third-order valence-corrected chi connectivity index (χ3v) is 4.54. The number of carbonyl (C=O) groups excluding carboxylic acids is 1. The molecular formula is C14H19NO2. The molecule has 0 aliphatic heterocycles. The highest BCUT2D eigenvalue weighted by molar-refractivity contribution is 5.91. The fourth-order valence-corrected chi connectivity index (χ4v) is 3.70. The minimum atomic E-state index is -0.0785. The minimum Gasteiger partial charge on any atom is -0.459 e. The molecular weight excluding hydrogens is 214 g/mol. The average Bonchev–Trinajstić information content (AvgIpc) is 3.05. The maximum absolute atomic E-state index is 11.9. The molecule has 17 heavy (non-hydrogen) atoms. The Hall–Kier alpha value is -1.25. The van der Waals surface area contributed by atoms with Crippen LogP contribution in [0.25, 0.3) is 0 Å². The van der Waals surface area contributed by atoms with E-state index >= 15 is 0 Å². The average molecular weight is 233 g/mol. The molecule has 3 nitrogen and oxygen atoms in total. The van der Waals surface area contributed by atoms with Gasteiger partial charge in [-0.25, -0.2) is 0 Å². The van der Waals surface area contributed by atoms with E-state index in [-0.39, 0.29) is 11.9 Å². The van der Waals surface area contributed by atoms with Gasteiger partial charge in [0.15, 0.2) is 5.76 Å². The molecule has 0 unspecified atom stereocenters. The van der Waals surface area contributed by atoms with Gasteiger partial charge in [0.1, 0.15) is 0 Å². The Kier molecular flexibility index (Phi) is 2.69. The molecule has 3 heteroatoms. The molecule has 0 spiro atoms. The zero-order valence-electron chi connectivity index (χ0n) is 10.2. The highest BCUT2D eigenvalue weighted by Crippen LogP contribution is 2.49. The number of hydrogen-bond donors (Lipinski definition) is 1. The van der Waals surface area contributed by atoms with Gasteiger partial charge >= 0.3 is 0 Å². The first-order valence-corrected chi connectivity index (χ1v) is 6.58. The molecule has 1 aromatic heterocycles. The summed E-state index contributed by atoms with van der Waals surface area (Å²) in [4.78, 5) is 11.9. The number of furan rings is 1. The van der Waals surface area contributed by atoms with Crippen molar-refractivity contribution in [3.05, 3.63) is 24.2 Å². The third-order valence-electron chi connectivity index (χ3n) is 4.54. The lowest BCUT2D eigenvalue weighted by molar-refractivity contribution is 0.0887. The Balaban J connectivity index is 1.60. The van der Waals surface area contributed by atoms with Gasteiger partial charge in [-0.1, -0.05) is 6.42 Å². The number of nitrogens with one attached hydrogen (secondary N) is 1.